The highest BCUT2D eigenvalue weighted by Gasteiger charge is 2.24. The molecule has 0 unspecified atom stereocenters. The summed E-state index contributed by atoms with van der Waals surface area (Å²) in [4.78, 5) is 25.6. The molecule has 0 saturated carbocycles. The van der Waals surface area contributed by atoms with E-state index >= 15 is 0 Å². The van der Waals surface area contributed by atoms with Crippen LogP contribution in [-0.2, 0) is 22.7 Å². The summed E-state index contributed by atoms with van der Waals surface area (Å²) < 4.78 is 12.7. The number of amides is 1. The lowest BCUT2D eigenvalue weighted by Crippen LogP contribution is -2.16. The zero-order valence-corrected chi connectivity index (χ0v) is 24.9. The van der Waals surface area contributed by atoms with Crippen molar-refractivity contribution < 1.29 is 19.1 Å². The molecule has 2 aromatic heterocycles. The van der Waals surface area contributed by atoms with Crippen LogP contribution < -0.4 is 10.1 Å². The van der Waals surface area contributed by atoms with E-state index < -0.39 is 5.97 Å². The van der Waals surface area contributed by atoms with Gasteiger partial charge in [0.25, 0.3) is 0 Å². The molecule has 2 heterocycles. The van der Waals surface area contributed by atoms with Gasteiger partial charge >= 0.3 is 5.97 Å². The first-order chi connectivity index (χ1) is 18.7. The number of aromatic nitrogens is 3. The molecule has 0 radical (unpaired) electrons. The highest BCUT2D eigenvalue weighted by molar-refractivity contribution is 7.99. The Kier molecular flexibility index (Phi) is 9.55. The van der Waals surface area contributed by atoms with E-state index in [0.29, 0.717) is 43.9 Å². The second kappa shape index (κ2) is 12.9. The fraction of sp³-hybridized carbons (Fsp3) is 0.259. The van der Waals surface area contributed by atoms with E-state index in [-0.39, 0.29) is 18.3 Å². The van der Waals surface area contributed by atoms with Gasteiger partial charge in [-0.05, 0) is 50.1 Å². The predicted octanol–water partition coefficient (Wildman–Crippen LogP) is 7.05. The van der Waals surface area contributed by atoms with Crippen molar-refractivity contribution in [1.29, 1.82) is 0 Å². The molecule has 4 aromatic rings. The number of rotatable bonds is 10. The van der Waals surface area contributed by atoms with Crippen LogP contribution in [0.3, 0.4) is 0 Å². The Morgan fingerprint density at radius 3 is 2.62 bits per heavy atom. The van der Waals surface area contributed by atoms with Crippen LogP contribution in [0.25, 0.3) is 11.1 Å². The number of hydrogen-bond donors (Lipinski definition) is 1. The normalized spacial score (nSPS) is 10.9. The minimum Gasteiger partial charge on any atom is -0.484 e. The van der Waals surface area contributed by atoms with E-state index in [1.165, 1.54) is 30.2 Å². The Morgan fingerprint density at radius 1 is 1.10 bits per heavy atom. The van der Waals surface area contributed by atoms with Gasteiger partial charge in [-0.3, -0.25) is 4.79 Å². The molecule has 2 aromatic carbocycles. The number of thiophene rings is 1. The molecule has 0 fully saturated rings. The zero-order chi connectivity index (χ0) is 28.1. The summed E-state index contributed by atoms with van der Waals surface area (Å²) in [7, 11) is 1.33. The molecule has 0 saturated heterocycles. The van der Waals surface area contributed by atoms with Gasteiger partial charge < -0.3 is 19.4 Å². The van der Waals surface area contributed by atoms with Gasteiger partial charge in [0.15, 0.2) is 11.0 Å². The van der Waals surface area contributed by atoms with Crippen LogP contribution in [0.5, 0.6) is 5.75 Å². The van der Waals surface area contributed by atoms with E-state index in [0.717, 1.165) is 22.3 Å². The van der Waals surface area contributed by atoms with Crippen molar-refractivity contribution >= 4 is 63.2 Å². The van der Waals surface area contributed by atoms with Crippen LogP contribution in [0.1, 0.15) is 34.2 Å². The highest BCUT2D eigenvalue weighted by Crippen LogP contribution is 2.38. The maximum Gasteiger partial charge on any atom is 0.341 e. The number of ether oxygens (including phenoxy) is 2. The molecule has 204 valence electrons. The maximum absolute atomic E-state index is 12.9. The molecular weight excluding hydrogens is 579 g/mol. The lowest BCUT2D eigenvalue weighted by Gasteiger charge is -2.11. The van der Waals surface area contributed by atoms with Gasteiger partial charge in [-0.2, -0.15) is 0 Å². The Labute approximate surface area is 244 Å². The van der Waals surface area contributed by atoms with Gasteiger partial charge in [-0.15, -0.1) is 21.5 Å². The summed E-state index contributed by atoms with van der Waals surface area (Å²) in [6.07, 6.45) is 0. The molecule has 0 bridgehead atoms. The fourth-order valence-corrected chi connectivity index (χ4v) is 6.11. The topological polar surface area (TPSA) is 95.3 Å². The largest absolute Gasteiger partial charge is 0.484 e. The van der Waals surface area contributed by atoms with Crippen LogP contribution >= 0.6 is 46.3 Å². The van der Waals surface area contributed by atoms with Crippen molar-refractivity contribution in [3.8, 4) is 16.9 Å². The number of benzene rings is 2. The number of carbonyl (C=O) groups excluding carboxylic acids is 2. The Balaban J connectivity index is 1.45. The van der Waals surface area contributed by atoms with E-state index in [2.05, 4.69) is 15.5 Å². The first-order valence-corrected chi connectivity index (χ1v) is 14.5. The van der Waals surface area contributed by atoms with Crippen molar-refractivity contribution in [2.45, 2.75) is 39.1 Å². The average molecular weight is 606 g/mol. The van der Waals surface area contributed by atoms with Gasteiger partial charge in [0.2, 0.25) is 5.91 Å². The maximum atomic E-state index is 12.9. The predicted molar refractivity (Wildman–Crippen MR) is 156 cm³/mol. The zero-order valence-electron chi connectivity index (χ0n) is 21.7. The first kappa shape index (κ1) is 28.9. The quantitative estimate of drug-likeness (QED) is 0.153. The molecule has 0 aliphatic rings. The number of halogens is 2. The van der Waals surface area contributed by atoms with Crippen molar-refractivity contribution in [3.05, 3.63) is 74.3 Å². The molecule has 0 atom stereocenters. The number of methoxy groups -OCH3 is 1. The molecule has 0 aliphatic carbocycles. The third kappa shape index (κ3) is 6.75. The van der Waals surface area contributed by atoms with Gasteiger partial charge in [0, 0.05) is 22.5 Å². The minimum absolute atomic E-state index is 0.0688. The third-order valence-corrected chi connectivity index (χ3v) is 8.20. The van der Waals surface area contributed by atoms with Crippen LogP contribution in [0.2, 0.25) is 10.0 Å². The number of hydrogen-bond acceptors (Lipinski definition) is 8. The Bertz CT molecular complexity index is 1520. The molecule has 0 spiro atoms. The summed E-state index contributed by atoms with van der Waals surface area (Å²) in [6.45, 7) is 6.66. The van der Waals surface area contributed by atoms with E-state index in [9.17, 15) is 9.59 Å². The second-order valence-corrected chi connectivity index (χ2v) is 11.2. The van der Waals surface area contributed by atoms with E-state index in [1.807, 2.05) is 48.9 Å². The van der Waals surface area contributed by atoms with E-state index in [1.54, 1.807) is 18.2 Å². The molecule has 1 N–H and O–H groups in total. The fourth-order valence-electron chi connectivity index (χ4n) is 3.86. The molecule has 12 heteroatoms. The lowest BCUT2D eigenvalue weighted by atomic mass is 9.97. The van der Waals surface area contributed by atoms with Gasteiger partial charge in [-0.25, -0.2) is 4.79 Å². The van der Waals surface area contributed by atoms with Crippen LogP contribution in [0.4, 0.5) is 5.00 Å². The van der Waals surface area contributed by atoms with Gasteiger partial charge in [-0.1, -0.05) is 58.7 Å². The highest BCUT2D eigenvalue weighted by atomic mass is 35.5. The molecule has 0 aliphatic heterocycles. The summed E-state index contributed by atoms with van der Waals surface area (Å²) >= 11 is 14.7. The number of aryl methyl sites for hydroxylation is 2. The summed E-state index contributed by atoms with van der Waals surface area (Å²) in [6, 6.07) is 11.0. The SMILES string of the molecule is CCn1c(COc2ccc(Cl)cc2Cl)nnc1SCC(=O)Nc1scc(-c2cc(C)ccc2C)c1C(=O)OC. The van der Waals surface area contributed by atoms with Crippen molar-refractivity contribution in [1.82, 2.24) is 14.8 Å². The average Bonchev–Trinajstić information content (AvgIpc) is 3.51. The molecular formula is C27H26Cl2N4O4S2. The van der Waals surface area contributed by atoms with E-state index in [4.69, 9.17) is 32.7 Å². The summed E-state index contributed by atoms with van der Waals surface area (Å²) in [5.74, 6) is 0.357. The summed E-state index contributed by atoms with van der Waals surface area (Å²) in [5.41, 5.74) is 4.08. The lowest BCUT2D eigenvalue weighted by molar-refractivity contribution is -0.113. The van der Waals surface area contributed by atoms with Crippen LogP contribution in [0, 0.1) is 13.8 Å². The minimum atomic E-state index is -0.508. The van der Waals surface area contributed by atoms with Gasteiger partial charge in [0.1, 0.15) is 22.9 Å². The van der Waals surface area contributed by atoms with Crippen LogP contribution in [0.15, 0.2) is 46.9 Å². The first-order valence-electron chi connectivity index (χ1n) is 11.9. The van der Waals surface area contributed by atoms with Crippen molar-refractivity contribution in [2.24, 2.45) is 0 Å². The molecule has 1 amide bonds. The van der Waals surface area contributed by atoms with Crippen molar-refractivity contribution in [3.63, 3.8) is 0 Å². The number of anilines is 1. The standard InChI is InChI=1S/C27H26Cl2N4O4S2/c1-5-33-22(12-37-21-9-8-17(28)11-20(21)29)31-32-27(33)39-14-23(34)30-25-24(26(35)36-4)19(13-38-25)18-10-15(2)6-7-16(18)3/h6-11,13H,5,12,14H2,1-4H3,(H,30,34). The number of nitrogens with zero attached hydrogens (tertiary/aromatic N) is 3. The number of carbonyl (C=O) groups is 2. The Morgan fingerprint density at radius 2 is 1.90 bits per heavy atom. The third-order valence-electron chi connectivity index (χ3n) is 5.81. The number of nitrogens with one attached hydrogen (secondary N) is 1. The monoisotopic (exact) mass is 604 g/mol. The number of thioether (sulfide) groups is 1. The summed E-state index contributed by atoms with van der Waals surface area (Å²) in [5, 5.41) is 15.1. The van der Waals surface area contributed by atoms with Crippen molar-refractivity contribution in [2.75, 3.05) is 18.2 Å². The second-order valence-electron chi connectivity index (χ2n) is 8.51. The molecule has 4 rings (SSSR count). The van der Waals surface area contributed by atoms with Crippen LogP contribution in [-0.4, -0.2) is 39.5 Å². The Hall–Kier alpha value is -3.05. The number of esters is 1. The molecule has 8 nitrogen and oxygen atoms in total. The van der Waals surface area contributed by atoms with Gasteiger partial charge in [0.05, 0.1) is 17.9 Å². The molecule has 39 heavy (non-hydrogen) atoms. The smallest absolute Gasteiger partial charge is 0.341 e.